The number of nitrogens with one attached hydrogen (secondary N) is 2. The first kappa shape index (κ1) is 26.7. The van der Waals surface area contributed by atoms with Gasteiger partial charge in [0.05, 0.1) is 6.04 Å². The molecule has 192 valence electrons. The number of anilines is 2. The topological polar surface area (TPSA) is 119 Å². The lowest BCUT2D eigenvalue weighted by Gasteiger charge is -2.32. The van der Waals surface area contributed by atoms with Crippen molar-refractivity contribution >= 4 is 35.6 Å². The molecule has 0 saturated carbocycles. The van der Waals surface area contributed by atoms with Crippen LogP contribution in [0.15, 0.2) is 42.5 Å². The van der Waals surface area contributed by atoms with Gasteiger partial charge in [-0.2, -0.15) is 0 Å². The van der Waals surface area contributed by atoms with Crippen molar-refractivity contribution in [1.82, 2.24) is 10.2 Å². The number of carboxylic acid groups (broad SMARTS) is 1. The van der Waals surface area contributed by atoms with Crippen LogP contribution in [-0.4, -0.2) is 65.9 Å². The summed E-state index contributed by atoms with van der Waals surface area (Å²) in [4.78, 5) is 51.8. The molecular weight excluding hydrogens is 474 g/mol. The number of benzene rings is 2. The largest absolute Gasteiger partial charge is 0.465 e. The highest BCUT2D eigenvalue weighted by atomic mass is 19.1. The molecule has 0 aromatic heterocycles. The zero-order chi connectivity index (χ0) is 26.6. The predicted molar refractivity (Wildman–Crippen MR) is 129 cm³/mol. The minimum absolute atomic E-state index is 0.131. The molecule has 0 bridgehead atoms. The molecule has 0 aliphatic carbocycles. The van der Waals surface area contributed by atoms with E-state index in [1.165, 1.54) is 18.0 Å². The Labute approximate surface area is 207 Å². The number of carbonyl (C=O) groups is 4. The molecule has 2 aromatic rings. The van der Waals surface area contributed by atoms with Crippen LogP contribution in [0, 0.1) is 17.6 Å². The summed E-state index contributed by atoms with van der Waals surface area (Å²) >= 11 is 0. The lowest BCUT2D eigenvalue weighted by Crippen LogP contribution is -2.56. The standard InChI is InChI=1S/C25H28F2N4O5/c1-14(2)21(28-12-16(13-32)30(3)25(35)36)24(34)31-19-10-5-4-7-15(19)11-20(31)23(33)29-22-17(26)8-6-9-18(22)27/h4-10,13-14,16,20-21,28H,11-12H2,1-3H3,(H,29,33)(H,35,36)/t16-,20-,21-/m0/s1. The van der Waals surface area contributed by atoms with Gasteiger partial charge in [0.1, 0.15) is 35.7 Å². The minimum atomic E-state index is -1.30. The van der Waals surface area contributed by atoms with Gasteiger partial charge in [0, 0.05) is 25.7 Å². The fourth-order valence-electron chi connectivity index (χ4n) is 4.12. The van der Waals surface area contributed by atoms with Crippen molar-refractivity contribution in [3.8, 4) is 0 Å². The molecular formula is C25H28F2N4O5. The van der Waals surface area contributed by atoms with E-state index in [9.17, 15) is 33.1 Å². The summed E-state index contributed by atoms with van der Waals surface area (Å²) in [5, 5.41) is 14.4. The molecule has 0 unspecified atom stereocenters. The van der Waals surface area contributed by atoms with Crippen molar-refractivity contribution in [1.29, 1.82) is 0 Å². The highest BCUT2D eigenvalue weighted by Crippen LogP contribution is 2.34. The normalized spacial score (nSPS) is 16.3. The van der Waals surface area contributed by atoms with Gasteiger partial charge in [0.2, 0.25) is 11.8 Å². The van der Waals surface area contributed by atoms with Gasteiger partial charge >= 0.3 is 6.09 Å². The van der Waals surface area contributed by atoms with E-state index in [2.05, 4.69) is 10.6 Å². The van der Waals surface area contributed by atoms with Crippen molar-refractivity contribution in [3.05, 3.63) is 59.7 Å². The van der Waals surface area contributed by atoms with E-state index < -0.39 is 53.4 Å². The highest BCUT2D eigenvalue weighted by molar-refractivity contribution is 6.09. The van der Waals surface area contributed by atoms with Crippen LogP contribution in [-0.2, 0) is 20.8 Å². The lowest BCUT2D eigenvalue weighted by atomic mass is 10.0. The number of halogens is 2. The number of hydrogen-bond acceptors (Lipinski definition) is 5. The summed E-state index contributed by atoms with van der Waals surface area (Å²) in [5.41, 5.74) is 0.590. The molecule has 0 radical (unpaired) electrons. The average Bonchev–Trinajstić information content (AvgIpc) is 3.23. The molecule has 3 rings (SSSR count). The van der Waals surface area contributed by atoms with Gasteiger partial charge in [-0.1, -0.05) is 38.1 Å². The Morgan fingerprint density at radius 3 is 2.36 bits per heavy atom. The van der Waals surface area contributed by atoms with Crippen LogP contribution in [0.5, 0.6) is 0 Å². The fourth-order valence-corrected chi connectivity index (χ4v) is 4.12. The molecule has 3 atom stereocenters. The summed E-state index contributed by atoms with van der Waals surface area (Å²) in [7, 11) is 1.24. The van der Waals surface area contributed by atoms with Crippen molar-refractivity contribution in [3.63, 3.8) is 0 Å². The van der Waals surface area contributed by atoms with Crippen molar-refractivity contribution < 1.29 is 33.1 Å². The van der Waals surface area contributed by atoms with E-state index in [1.54, 1.807) is 38.1 Å². The molecule has 3 amide bonds. The van der Waals surface area contributed by atoms with Gasteiger partial charge in [-0.15, -0.1) is 0 Å². The van der Waals surface area contributed by atoms with Crippen LogP contribution >= 0.6 is 0 Å². The van der Waals surface area contributed by atoms with Gasteiger partial charge < -0.3 is 25.4 Å². The number of amides is 3. The number of hydrogen-bond donors (Lipinski definition) is 3. The highest BCUT2D eigenvalue weighted by Gasteiger charge is 2.42. The van der Waals surface area contributed by atoms with Gasteiger partial charge in [-0.25, -0.2) is 13.6 Å². The van der Waals surface area contributed by atoms with Crippen LogP contribution in [0.2, 0.25) is 0 Å². The van der Waals surface area contributed by atoms with Crippen LogP contribution in [0.25, 0.3) is 0 Å². The first-order chi connectivity index (χ1) is 17.1. The molecule has 3 N–H and O–H groups in total. The maximum Gasteiger partial charge on any atom is 0.407 e. The number of rotatable bonds is 9. The number of aldehydes is 1. The van der Waals surface area contributed by atoms with Crippen molar-refractivity contribution in [2.75, 3.05) is 23.8 Å². The number of fused-ring (bicyclic) bond motifs is 1. The SMILES string of the molecule is CC(C)[C@H](NC[C@@H](C=O)N(C)C(=O)O)C(=O)N1c2ccccc2C[C@H]1C(=O)Nc1c(F)cccc1F. The monoisotopic (exact) mass is 502 g/mol. The maximum atomic E-state index is 14.2. The summed E-state index contributed by atoms with van der Waals surface area (Å²) in [5.74, 6) is -3.45. The lowest BCUT2D eigenvalue weighted by molar-refractivity contribution is -0.125. The molecule has 11 heteroatoms. The van der Waals surface area contributed by atoms with E-state index in [4.69, 9.17) is 0 Å². The van der Waals surface area contributed by atoms with Crippen molar-refractivity contribution in [2.24, 2.45) is 5.92 Å². The fraction of sp³-hybridized carbons (Fsp3) is 0.360. The van der Waals surface area contributed by atoms with Gasteiger partial charge in [0.25, 0.3) is 0 Å². The molecule has 0 spiro atoms. The van der Waals surface area contributed by atoms with Crippen LogP contribution < -0.4 is 15.5 Å². The van der Waals surface area contributed by atoms with Crippen LogP contribution in [0.4, 0.5) is 25.0 Å². The molecule has 0 saturated heterocycles. The third-order valence-corrected chi connectivity index (χ3v) is 6.16. The minimum Gasteiger partial charge on any atom is -0.465 e. The Hall–Kier alpha value is -3.86. The first-order valence-corrected chi connectivity index (χ1v) is 11.4. The summed E-state index contributed by atoms with van der Waals surface area (Å²) in [6.07, 6.45) is -0.701. The summed E-state index contributed by atoms with van der Waals surface area (Å²) in [6.45, 7) is 3.39. The second kappa shape index (κ2) is 11.3. The molecule has 1 aliphatic heterocycles. The van der Waals surface area contributed by atoms with E-state index in [-0.39, 0.29) is 18.9 Å². The van der Waals surface area contributed by atoms with Crippen LogP contribution in [0.1, 0.15) is 19.4 Å². The Balaban J connectivity index is 1.89. The Bertz CT molecular complexity index is 1140. The quantitative estimate of drug-likeness (QED) is 0.454. The van der Waals surface area contributed by atoms with Gasteiger partial charge in [-0.3, -0.25) is 14.5 Å². The molecule has 9 nitrogen and oxygen atoms in total. The number of likely N-dealkylation sites (N-methyl/N-ethyl adjacent to an activating group) is 1. The zero-order valence-electron chi connectivity index (χ0n) is 20.1. The van der Waals surface area contributed by atoms with Crippen LogP contribution in [0.3, 0.4) is 0 Å². The third kappa shape index (κ3) is 5.51. The van der Waals surface area contributed by atoms with E-state index in [1.807, 2.05) is 0 Å². The summed E-state index contributed by atoms with van der Waals surface area (Å²) in [6, 6.07) is 7.10. The number of para-hydroxylation sites is 2. The number of nitrogens with zero attached hydrogens (tertiary/aromatic N) is 2. The van der Waals surface area contributed by atoms with Crippen molar-refractivity contribution in [2.45, 2.75) is 38.4 Å². The Morgan fingerprint density at radius 1 is 1.14 bits per heavy atom. The van der Waals surface area contributed by atoms with Gasteiger partial charge in [0.15, 0.2) is 0 Å². The van der Waals surface area contributed by atoms with Gasteiger partial charge in [-0.05, 0) is 29.7 Å². The van der Waals surface area contributed by atoms with E-state index in [0.29, 0.717) is 17.5 Å². The molecule has 1 heterocycles. The molecule has 2 aromatic carbocycles. The zero-order valence-corrected chi connectivity index (χ0v) is 20.1. The number of carbonyl (C=O) groups excluding carboxylic acids is 3. The molecule has 1 aliphatic rings. The van der Waals surface area contributed by atoms with E-state index >= 15 is 0 Å². The third-order valence-electron chi connectivity index (χ3n) is 6.16. The Morgan fingerprint density at radius 2 is 1.78 bits per heavy atom. The first-order valence-electron chi connectivity index (χ1n) is 11.4. The average molecular weight is 503 g/mol. The maximum absolute atomic E-state index is 14.2. The predicted octanol–water partition coefficient (Wildman–Crippen LogP) is 2.65. The molecule has 36 heavy (non-hydrogen) atoms. The second-order valence-corrected chi connectivity index (χ2v) is 8.87. The molecule has 0 fully saturated rings. The smallest absolute Gasteiger partial charge is 0.407 e. The Kier molecular flexibility index (Phi) is 8.36. The summed E-state index contributed by atoms with van der Waals surface area (Å²) < 4.78 is 28.3. The second-order valence-electron chi connectivity index (χ2n) is 8.87. The van der Waals surface area contributed by atoms with E-state index in [0.717, 1.165) is 17.0 Å².